The maximum absolute atomic E-state index is 5.35. The van der Waals surface area contributed by atoms with Gasteiger partial charge in [0.2, 0.25) is 0 Å². The van der Waals surface area contributed by atoms with E-state index >= 15 is 0 Å². The van der Waals surface area contributed by atoms with Crippen LogP contribution in [0.3, 0.4) is 0 Å². The van der Waals surface area contributed by atoms with E-state index in [4.69, 9.17) is 4.74 Å². The molecule has 0 bridgehead atoms. The van der Waals surface area contributed by atoms with Crippen molar-refractivity contribution in [3.63, 3.8) is 0 Å². The van der Waals surface area contributed by atoms with E-state index < -0.39 is 0 Å². The molecule has 0 unspecified atom stereocenters. The number of nitrogens with one attached hydrogen (secondary N) is 1. The third-order valence-corrected chi connectivity index (χ3v) is 4.24. The van der Waals surface area contributed by atoms with Crippen LogP contribution in [0.2, 0.25) is 0 Å². The maximum Gasteiger partial charge on any atom is 0.127 e. The van der Waals surface area contributed by atoms with E-state index in [2.05, 4.69) is 40.4 Å². The minimum Gasteiger partial charge on any atom is -0.496 e. The van der Waals surface area contributed by atoms with Crippen molar-refractivity contribution in [3.8, 4) is 5.75 Å². The second-order valence-electron chi connectivity index (χ2n) is 5.85. The average Bonchev–Trinajstić information content (AvgIpc) is 2.62. The third kappa shape index (κ3) is 4.33. The van der Waals surface area contributed by atoms with E-state index in [1.54, 1.807) is 12.0 Å². The fraction of sp³-hybridized carbons (Fsp3) is 0.316. The summed E-state index contributed by atoms with van der Waals surface area (Å²) < 4.78 is 5.35. The van der Waals surface area contributed by atoms with Gasteiger partial charge < -0.3 is 9.64 Å². The van der Waals surface area contributed by atoms with Crippen LogP contribution in [0.25, 0.3) is 0 Å². The van der Waals surface area contributed by atoms with Gasteiger partial charge in [-0.1, -0.05) is 42.5 Å². The summed E-state index contributed by atoms with van der Waals surface area (Å²) in [7, 11) is 1.69. The van der Waals surface area contributed by atoms with Gasteiger partial charge in [0.1, 0.15) is 12.3 Å². The lowest BCUT2D eigenvalue weighted by Crippen LogP contribution is -3.13. The molecule has 0 radical (unpaired) electrons. The first-order valence-electron chi connectivity index (χ1n) is 8.14. The largest absolute Gasteiger partial charge is 0.496 e. The molecule has 0 saturated carbocycles. The topological polar surface area (TPSA) is 29.3 Å². The lowest BCUT2D eigenvalue weighted by molar-refractivity contribution is -0.918. The summed E-state index contributed by atoms with van der Waals surface area (Å²) >= 11 is 0. The first-order valence-corrected chi connectivity index (χ1v) is 8.14. The van der Waals surface area contributed by atoms with Crippen LogP contribution in [0.5, 0.6) is 5.75 Å². The zero-order valence-electron chi connectivity index (χ0n) is 13.6. The van der Waals surface area contributed by atoms with Gasteiger partial charge in [-0.2, -0.15) is 5.10 Å². The number of rotatable bonds is 5. The Kier molecular flexibility index (Phi) is 5.27. The molecule has 0 spiro atoms. The first-order chi connectivity index (χ1) is 11.3. The van der Waals surface area contributed by atoms with Gasteiger partial charge in [0, 0.05) is 11.1 Å². The van der Waals surface area contributed by atoms with Crippen LogP contribution < -0.4 is 9.64 Å². The molecule has 1 heterocycles. The average molecular weight is 310 g/mol. The molecule has 0 atom stereocenters. The summed E-state index contributed by atoms with van der Waals surface area (Å²) in [6, 6.07) is 18.7. The Morgan fingerprint density at radius 2 is 1.74 bits per heavy atom. The molecule has 23 heavy (non-hydrogen) atoms. The number of hydrogen-bond acceptors (Lipinski definition) is 3. The van der Waals surface area contributed by atoms with Crippen molar-refractivity contribution in [2.75, 3.05) is 33.3 Å². The molecule has 3 rings (SSSR count). The molecule has 4 heteroatoms. The highest BCUT2D eigenvalue weighted by Crippen LogP contribution is 2.14. The number of hydrazone groups is 1. The Hall–Kier alpha value is -2.33. The van der Waals surface area contributed by atoms with E-state index in [1.165, 1.54) is 5.56 Å². The van der Waals surface area contributed by atoms with Crippen molar-refractivity contribution in [3.05, 3.63) is 65.7 Å². The summed E-state index contributed by atoms with van der Waals surface area (Å²) in [5, 5.41) is 6.77. The normalized spacial score (nSPS) is 16.0. The van der Waals surface area contributed by atoms with Crippen molar-refractivity contribution in [1.82, 2.24) is 5.01 Å². The SMILES string of the molecule is COc1ccccc1/C=N/N1CC[NH+](Cc2ccccc2)CC1. The van der Waals surface area contributed by atoms with Gasteiger partial charge in [0.05, 0.1) is 39.5 Å². The fourth-order valence-corrected chi connectivity index (χ4v) is 2.90. The van der Waals surface area contributed by atoms with Crippen LogP contribution in [0, 0.1) is 0 Å². The smallest absolute Gasteiger partial charge is 0.127 e. The third-order valence-electron chi connectivity index (χ3n) is 4.24. The molecule has 1 fully saturated rings. The fourth-order valence-electron chi connectivity index (χ4n) is 2.90. The zero-order valence-corrected chi connectivity index (χ0v) is 13.6. The quantitative estimate of drug-likeness (QED) is 0.847. The Balaban J connectivity index is 1.52. The second-order valence-corrected chi connectivity index (χ2v) is 5.85. The Morgan fingerprint density at radius 3 is 2.48 bits per heavy atom. The molecule has 1 aliphatic heterocycles. The highest BCUT2D eigenvalue weighted by Gasteiger charge is 2.18. The summed E-state index contributed by atoms with van der Waals surface area (Å²) in [6.45, 7) is 5.34. The van der Waals surface area contributed by atoms with Gasteiger partial charge in [-0.15, -0.1) is 0 Å². The van der Waals surface area contributed by atoms with Crippen molar-refractivity contribution >= 4 is 6.21 Å². The standard InChI is InChI=1S/C19H23N3O/c1-23-19-10-6-5-9-18(19)15-20-22-13-11-21(12-14-22)16-17-7-3-2-4-8-17/h2-10,15H,11-14,16H2,1H3/p+1/b20-15+. The highest BCUT2D eigenvalue weighted by atomic mass is 16.5. The van der Waals surface area contributed by atoms with E-state index in [1.807, 2.05) is 30.5 Å². The summed E-state index contributed by atoms with van der Waals surface area (Å²) in [5.41, 5.74) is 2.43. The van der Waals surface area contributed by atoms with E-state index in [0.717, 1.165) is 44.0 Å². The number of benzene rings is 2. The van der Waals surface area contributed by atoms with Crippen molar-refractivity contribution in [1.29, 1.82) is 0 Å². The molecule has 2 aromatic carbocycles. The van der Waals surface area contributed by atoms with E-state index in [9.17, 15) is 0 Å². The molecule has 1 aliphatic rings. The number of hydrogen-bond donors (Lipinski definition) is 1. The molecule has 120 valence electrons. The predicted octanol–water partition coefficient (Wildman–Crippen LogP) is 1.43. The second kappa shape index (κ2) is 7.79. The predicted molar refractivity (Wildman–Crippen MR) is 93.0 cm³/mol. The molecule has 0 amide bonds. The summed E-state index contributed by atoms with van der Waals surface area (Å²) in [6.07, 6.45) is 1.90. The number of nitrogens with zero attached hydrogens (tertiary/aromatic N) is 2. The van der Waals surface area contributed by atoms with Gasteiger partial charge in [-0.3, -0.25) is 5.01 Å². The van der Waals surface area contributed by atoms with Crippen LogP contribution in [0.1, 0.15) is 11.1 Å². The molecule has 1 N–H and O–H groups in total. The Labute approximate surface area is 138 Å². The molecule has 2 aromatic rings. The van der Waals surface area contributed by atoms with Crippen LogP contribution in [-0.4, -0.2) is 44.5 Å². The zero-order chi connectivity index (χ0) is 15.9. The molecule has 1 saturated heterocycles. The Morgan fingerprint density at radius 1 is 1.04 bits per heavy atom. The molecular weight excluding hydrogens is 286 g/mol. The Bertz CT molecular complexity index is 634. The highest BCUT2D eigenvalue weighted by molar-refractivity contribution is 5.83. The summed E-state index contributed by atoms with van der Waals surface area (Å²) in [4.78, 5) is 1.62. The minimum absolute atomic E-state index is 0.865. The summed E-state index contributed by atoms with van der Waals surface area (Å²) in [5.74, 6) is 0.865. The van der Waals surface area contributed by atoms with Crippen LogP contribution in [0.4, 0.5) is 0 Å². The molecule has 0 aromatic heterocycles. The van der Waals surface area contributed by atoms with Crippen molar-refractivity contribution in [2.24, 2.45) is 5.10 Å². The van der Waals surface area contributed by atoms with Gasteiger partial charge in [-0.05, 0) is 12.1 Å². The number of ether oxygens (including phenoxy) is 1. The lowest BCUT2D eigenvalue weighted by atomic mass is 10.2. The monoisotopic (exact) mass is 310 g/mol. The van der Waals surface area contributed by atoms with Crippen molar-refractivity contribution < 1.29 is 9.64 Å². The van der Waals surface area contributed by atoms with E-state index in [0.29, 0.717) is 0 Å². The van der Waals surface area contributed by atoms with E-state index in [-0.39, 0.29) is 0 Å². The molecule has 0 aliphatic carbocycles. The number of para-hydroxylation sites is 1. The number of piperazine rings is 1. The van der Waals surface area contributed by atoms with Gasteiger partial charge in [0.25, 0.3) is 0 Å². The lowest BCUT2D eigenvalue weighted by Gasteiger charge is -2.30. The van der Waals surface area contributed by atoms with Gasteiger partial charge in [-0.25, -0.2) is 0 Å². The van der Waals surface area contributed by atoms with Crippen LogP contribution in [0.15, 0.2) is 59.7 Å². The van der Waals surface area contributed by atoms with Gasteiger partial charge in [0.15, 0.2) is 0 Å². The first kappa shape index (κ1) is 15.6. The minimum atomic E-state index is 0.865. The van der Waals surface area contributed by atoms with Crippen molar-refractivity contribution in [2.45, 2.75) is 6.54 Å². The maximum atomic E-state index is 5.35. The van der Waals surface area contributed by atoms with Crippen LogP contribution in [-0.2, 0) is 6.54 Å². The van der Waals surface area contributed by atoms with Gasteiger partial charge >= 0.3 is 0 Å². The molecular formula is C19H24N3O+. The number of quaternary nitrogens is 1. The van der Waals surface area contributed by atoms with Crippen LogP contribution >= 0.6 is 0 Å². The number of methoxy groups -OCH3 is 1. The molecule has 4 nitrogen and oxygen atoms in total.